The molecular formula is C26H24I2N2O4S. The lowest BCUT2D eigenvalue weighted by molar-refractivity contribution is -0.139. The first kappa shape index (κ1) is 26.1. The minimum Gasteiger partial charge on any atom is -0.506 e. The van der Waals surface area contributed by atoms with Gasteiger partial charge in [-0.1, -0.05) is 49.4 Å². The number of thiazole rings is 1. The smallest absolute Gasteiger partial charge is 0.338 e. The van der Waals surface area contributed by atoms with Gasteiger partial charge in [0, 0.05) is 0 Å². The van der Waals surface area contributed by atoms with Crippen LogP contribution in [0.25, 0.3) is 6.08 Å². The fourth-order valence-corrected chi connectivity index (χ4v) is 6.85. The molecule has 35 heavy (non-hydrogen) atoms. The summed E-state index contributed by atoms with van der Waals surface area (Å²) in [6.45, 7) is 8.02. The summed E-state index contributed by atoms with van der Waals surface area (Å²) in [4.78, 5) is 31.9. The first-order valence-electron chi connectivity index (χ1n) is 11.1. The summed E-state index contributed by atoms with van der Waals surface area (Å²) in [6.07, 6.45) is 1.80. The lowest BCUT2D eigenvalue weighted by atomic mass is 9.93. The van der Waals surface area contributed by atoms with Crippen molar-refractivity contribution < 1.29 is 14.6 Å². The van der Waals surface area contributed by atoms with Gasteiger partial charge in [0.15, 0.2) is 4.80 Å². The van der Waals surface area contributed by atoms with E-state index in [1.54, 1.807) is 24.5 Å². The van der Waals surface area contributed by atoms with E-state index in [4.69, 9.17) is 4.74 Å². The SMILES string of the molecule is CCOC(=O)C1=C(C)N=c2s/c(=C\c3cc(I)c(O)c(I)c3)c(=O)n2[C@H]1c1ccc(C(C)C)cc1. The van der Waals surface area contributed by atoms with Gasteiger partial charge in [0.1, 0.15) is 5.75 Å². The molecule has 0 aliphatic carbocycles. The molecule has 182 valence electrons. The van der Waals surface area contributed by atoms with Crippen LogP contribution < -0.4 is 14.9 Å². The van der Waals surface area contributed by atoms with Crippen LogP contribution in [0, 0.1) is 7.14 Å². The first-order valence-corrected chi connectivity index (χ1v) is 14.1. The Kier molecular flexibility index (Phi) is 7.86. The van der Waals surface area contributed by atoms with E-state index in [2.05, 4.69) is 64.0 Å². The molecule has 0 spiro atoms. The van der Waals surface area contributed by atoms with E-state index in [0.717, 1.165) is 11.1 Å². The van der Waals surface area contributed by atoms with E-state index in [1.807, 2.05) is 36.4 Å². The van der Waals surface area contributed by atoms with E-state index in [1.165, 1.54) is 16.9 Å². The predicted molar refractivity (Wildman–Crippen MR) is 154 cm³/mol. The summed E-state index contributed by atoms with van der Waals surface area (Å²) in [7, 11) is 0. The zero-order valence-electron chi connectivity index (χ0n) is 19.6. The molecule has 6 nitrogen and oxygen atoms in total. The second-order valence-electron chi connectivity index (χ2n) is 8.46. The summed E-state index contributed by atoms with van der Waals surface area (Å²) in [6, 6.07) is 11.0. The highest BCUT2D eigenvalue weighted by Crippen LogP contribution is 2.32. The van der Waals surface area contributed by atoms with Gasteiger partial charge in [-0.3, -0.25) is 9.36 Å². The number of esters is 1. The highest BCUT2D eigenvalue weighted by molar-refractivity contribution is 14.1. The predicted octanol–water partition coefficient (Wildman–Crippen LogP) is 4.84. The maximum absolute atomic E-state index is 13.7. The van der Waals surface area contributed by atoms with Gasteiger partial charge >= 0.3 is 5.97 Å². The van der Waals surface area contributed by atoms with Crippen LogP contribution in [-0.4, -0.2) is 22.2 Å². The van der Waals surface area contributed by atoms with Crippen LogP contribution in [0.5, 0.6) is 5.75 Å². The number of fused-ring (bicyclic) bond motifs is 1. The molecule has 0 saturated heterocycles. The second kappa shape index (κ2) is 10.6. The molecule has 3 aromatic rings. The van der Waals surface area contributed by atoms with E-state index >= 15 is 0 Å². The maximum atomic E-state index is 13.7. The molecule has 0 unspecified atom stereocenters. The van der Waals surface area contributed by atoms with Gasteiger partial charge in [0.2, 0.25) is 0 Å². The molecule has 2 heterocycles. The maximum Gasteiger partial charge on any atom is 0.338 e. The van der Waals surface area contributed by atoms with Crippen molar-refractivity contribution in [1.82, 2.24) is 4.57 Å². The third-order valence-electron chi connectivity index (χ3n) is 5.77. The number of aromatic nitrogens is 1. The average molecular weight is 714 g/mol. The fraction of sp³-hybridized carbons (Fsp3) is 0.269. The molecule has 1 aliphatic rings. The Morgan fingerprint density at radius 2 is 1.86 bits per heavy atom. The first-order chi connectivity index (χ1) is 16.6. The number of carbonyl (C=O) groups excluding carboxylic acids is 1. The molecule has 9 heteroatoms. The molecular weight excluding hydrogens is 690 g/mol. The van der Waals surface area contributed by atoms with E-state index in [-0.39, 0.29) is 17.9 Å². The molecule has 1 atom stereocenters. The van der Waals surface area contributed by atoms with Crippen molar-refractivity contribution in [1.29, 1.82) is 0 Å². The van der Waals surface area contributed by atoms with Crippen LogP contribution in [0.3, 0.4) is 0 Å². The summed E-state index contributed by atoms with van der Waals surface area (Å²) in [5, 5.41) is 10.1. The monoisotopic (exact) mass is 714 g/mol. The molecule has 1 aliphatic heterocycles. The molecule has 0 fully saturated rings. The summed E-state index contributed by atoms with van der Waals surface area (Å²) in [5.41, 5.74) is 3.50. The largest absolute Gasteiger partial charge is 0.506 e. The van der Waals surface area contributed by atoms with Crippen molar-refractivity contribution >= 4 is 68.6 Å². The number of benzene rings is 2. The van der Waals surface area contributed by atoms with Crippen LogP contribution in [0.1, 0.15) is 56.3 Å². The average Bonchev–Trinajstić information content (AvgIpc) is 3.11. The summed E-state index contributed by atoms with van der Waals surface area (Å²) >= 11 is 5.43. The van der Waals surface area contributed by atoms with Gasteiger partial charge in [-0.05, 0) is 99.8 Å². The molecule has 0 amide bonds. The van der Waals surface area contributed by atoms with Gasteiger partial charge in [0.05, 0.1) is 35.6 Å². The number of rotatable bonds is 5. The highest BCUT2D eigenvalue weighted by atomic mass is 127. The quantitative estimate of drug-likeness (QED) is 0.304. The van der Waals surface area contributed by atoms with Gasteiger partial charge in [-0.2, -0.15) is 0 Å². The Morgan fingerprint density at radius 1 is 1.23 bits per heavy atom. The van der Waals surface area contributed by atoms with Gasteiger partial charge in [0.25, 0.3) is 5.56 Å². The normalized spacial score (nSPS) is 15.9. The number of phenols is 1. The molecule has 2 aromatic carbocycles. The van der Waals surface area contributed by atoms with Crippen molar-refractivity contribution in [3.8, 4) is 5.75 Å². The lowest BCUT2D eigenvalue weighted by Crippen LogP contribution is -2.39. The Bertz CT molecular complexity index is 1500. The third kappa shape index (κ3) is 5.12. The minimum absolute atomic E-state index is 0.223. The molecule has 4 rings (SSSR count). The molecule has 0 radical (unpaired) electrons. The number of carbonyl (C=O) groups is 1. The van der Waals surface area contributed by atoms with Crippen LogP contribution >= 0.6 is 56.5 Å². The third-order valence-corrected chi connectivity index (χ3v) is 8.40. The standard InChI is InChI=1S/C26H24I2N2O4S/c1-5-34-25(33)21-14(4)29-26-30(22(21)17-8-6-16(7-9-17)13(2)3)24(32)20(35-26)12-15-10-18(27)23(31)19(28)11-15/h6-13,22,31H,5H2,1-4H3/b20-12-/t22-/m0/s1. The van der Waals surface area contributed by atoms with E-state index in [9.17, 15) is 14.7 Å². The number of halogens is 2. The lowest BCUT2D eigenvalue weighted by Gasteiger charge is -2.25. The van der Waals surface area contributed by atoms with Gasteiger partial charge in [-0.25, -0.2) is 9.79 Å². The zero-order valence-corrected chi connectivity index (χ0v) is 24.8. The molecule has 1 aromatic heterocycles. The van der Waals surface area contributed by atoms with Gasteiger partial charge in [-0.15, -0.1) is 0 Å². The Balaban J connectivity index is 1.94. The number of aromatic hydroxyl groups is 1. The number of allylic oxidation sites excluding steroid dienone is 1. The number of phenolic OH excluding ortho intramolecular Hbond substituents is 1. The molecule has 1 N–H and O–H groups in total. The van der Waals surface area contributed by atoms with Crippen molar-refractivity contribution in [3.63, 3.8) is 0 Å². The number of hydrogen-bond acceptors (Lipinski definition) is 6. The van der Waals surface area contributed by atoms with Crippen molar-refractivity contribution in [2.24, 2.45) is 4.99 Å². The van der Waals surface area contributed by atoms with Crippen molar-refractivity contribution in [3.05, 3.63) is 91.2 Å². The summed E-state index contributed by atoms with van der Waals surface area (Å²) < 4.78 is 8.87. The number of hydrogen-bond donors (Lipinski definition) is 1. The Hall–Kier alpha value is -1.99. The number of nitrogens with zero attached hydrogens (tertiary/aromatic N) is 2. The van der Waals surface area contributed by atoms with E-state index in [0.29, 0.717) is 33.7 Å². The van der Waals surface area contributed by atoms with Crippen molar-refractivity contribution in [2.75, 3.05) is 6.61 Å². The second-order valence-corrected chi connectivity index (χ2v) is 11.8. The molecule has 0 saturated carbocycles. The zero-order chi connectivity index (χ0) is 25.4. The van der Waals surface area contributed by atoms with Gasteiger partial charge < -0.3 is 9.84 Å². The van der Waals surface area contributed by atoms with Crippen molar-refractivity contribution in [2.45, 2.75) is 39.7 Å². The fourth-order valence-electron chi connectivity index (χ4n) is 3.99. The van der Waals surface area contributed by atoms with Crippen LogP contribution in [0.2, 0.25) is 0 Å². The molecule has 0 bridgehead atoms. The van der Waals surface area contributed by atoms with Crippen LogP contribution in [0.15, 0.2) is 57.5 Å². The number of ether oxygens (including phenoxy) is 1. The highest BCUT2D eigenvalue weighted by Gasteiger charge is 2.33. The Morgan fingerprint density at radius 3 is 2.43 bits per heavy atom. The van der Waals surface area contributed by atoms with E-state index < -0.39 is 12.0 Å². The Labute approximate surface area is 234 Å². The minimum atomic E-state index is -0.631. The summed E-state index contributed by atoms with van der Waals surface area (Å²) in [5.74, 6) is 0.122. The van der Waals surface area contributed by atoms with Crippen LogP contribution in [-0.2, 0) is 9.53 Å². The van der Waals surface area contributed by atoms with Crippen LogP contribution in [0.4, 0.5) is 0 Å². The topological polar surface area (TPSA) is 80.9 Å².